The van der Waals surface area contributed by atoms with Crippen molar-refractivity contribution in [3.05, 3.63) is 64.7 Å². The third-order valence-electron chi connectivity index (χ3n) is 3.43. The summed E-state index contributed by atoms with van der Waals surface area (Å²) in [5.74, 6) is 1.04. The van der Waals surface area contributed by atoms with Crippen LogP contribution in [0.1, 0.15) is 18.9 Å². The van der Waals surface area contributed by atoms with Gasteiger partial charge >= 0.3 is 0 Å². The number of H-pyrrole nitrogens is 1. The van der Waals surface area contributed by atoms with E-state index in [1.807, 2.05) is 24.3 Å². The quantitative estimate of drug-likeness (QED) is 0.525. The number of hydrogen-bond donors (Lipinski definition) is 1. The number of nitrogens with one attached hydrogen (secondary N) is 1. The summed E-state index contributed by atoms with van der Waals surface area (Å²) in [7, 11) is 0. The fraction of sp³-hybridized carbons (Fsp3) is 0.167. The molecular weight excluding hydrogens is 339 g/mol. The lowest BCUT2D eigenvalue weighted by molar-refractivity contribution is 0.317. The molecule has 7 heteroatoms. The van der Waals surface area contributed by atoms with Crippen LogP contribution in [0.25, 0.3) is 11.4 Å². The molecule has 3 aromatic rings. The molecule has 25 heavy (non-hydrogen) atoms. The maximum absolute atomic E-state index is 13.1. The van der Waals surface area contributed by atoms with E-state index < -0.39 is 0 Å². The fourth-order valence-electron chi connectivity index (χ4n) is 2.18. The van der Waals surface area contributed by atoms with E-state index in [0.717, 1.165) is 17.7 Å². The van der Waals surface area contributed by atoms with Gasteiger partial charge in [0.05, 0.1) is 12.8 Å². The van der Waals surface area contributed by atoms with E-state index in [1.54, 1.807) is 18.3 Å². The van der Waals surface area contributed by atoms with E-state index in [4.69, 9.17) is 17.0 Å². The van der Waals surface area contributed by atoms with Crippen molar-refractivity contribution in [2.24, 2.45) is 5.10 Å². The van der Waals surface area contributed by atoms with E-state index in [9.17, 15) is 4.39 Å². The Morgan fingerprint density at radius 1 is 1.20 bits per heavy atom. The van der Waals surface area contributed by atoms with Gasteiger partial charge in [0.25, 0.3) is 0 Å². The van der Waals surface area contributed by atoms with Gasteiger partial charge in [0.2, 0.25) is 4.77 Å². The van der Waals surface area contributed by atoms with Crippen molar-refractivity contribution >= 4 is 18.4 Å². The van der Waals surface area contributed by atoms with Crippen LogP contribution in [0.5, 0.6) is 5.75 Å². The number of halogens is 1. The predicted octanol–water partition coefficient (Wildman–Crippen LogP) is 4.42. The Morgan fingerprint density at radius 2 is 1.92 bits per heavy atom. The summed E-state index contributed by atoms with van der Waals surface area (Å²) >= 11 is 5.22. The molecule has 0 saturated carbocycles. The molecule has 0 fully saturated rings. The second-order valence-electron chi connectivity index (χ2n) is 5.33. The van der Waals surface area contributed by atoms with Crippen LogP contribution in [0.4, 0.5) is 4.39 Å². The van der Waals surface area contributed by atoms with Crippen LogP contribution in [0.3, 0.4) is 0 Å². The minimum atomic E-state index is -0.307. The summed E-state index contributed by atoms with van der Waals surface area (Å²) in [6.07, 6.45) is 2.65. The van der Waals surface area contributed by atoms with Crippen LogP contribution < -0.4 is 4.74 Å². The number of aromatic nitrogens is 3. The predicted molar refractivity (Wildman–Crippen MR) is 98.0 cm³/mol. The highest BCUT2D eigenvalue weighted by Crippen LogP contribution is 2.18. The first-order chi connectivity index (χ1) is 12.2. The van der Waals surface area contributed by atoms with Crippen molar-refractivity contribution in [3.8, 4) is 17.1 Å². The Morgan fingerprint density at radius 3 is 2.60 bits per heavy atom. The van der Waals surface area contributed by atoms with Crippen LogP contribution in [-0.4, -0.2) is 27.7 Å². The maximum atomic E-state index is 13.1. The summed E-state index contributed by atoms with van der Waals surface area (Å²) in [4.78, 5) is 0. The number of rotatable bonds is 6. The second kappa shape index (κ2) is 7.85. The van der Waals surface area contributed by atoms with Gasteiger partial charge < -0.3 is 4.74 Å². The minimum Gasteiger partial charge on any atom is -0.494 e. The molecule has 0 amide bonds. The van der Waals surface area contributed by atoms with Gasteiger partial charge in [0, 0.05) is 5.56 Å². The largest absolute Gasteiger partial charge is 0.494 e. The zero-order valence-corrected chi connectivity index (χ0v) is 14.5. The molecule has 1 aromatic heterocycles. The molecule has 0 bridgehead atoms. The average Bonchev–Trinajstić information content (AvgIpc) is 3.00. The third kappa shape index (κ3) is 4.19. The molecule has 0 spiro atoms. The molecule has 3 rings (SSSR count). The van der Waals surface area contributed by atoms with E-state index in [-0.39, 0.29) is 5.82 Å². The number of hydrogen-bond acceptors (Lipinski definition) is 4. The van der Waals surface area contributed by atoms with Gasteiger partial charge in [-0.25, -0.2) is 9.49 Å². The Kier molecular flexibility index (Phi) is 5.35. The topological polar surface area (TPSA) is 55.2 Å². The van der Waals surface area contributed by atoms with Gasteiger partial charge in [0.1, 0.15) is 11.6 Å². The lowest BCUT2D eigenvalue weighted by atomic mass is 10.2. The third-order valence-corrected chi connectivity index (χ3v) is 3.69. The maximum Gasteiger partial charge on any atom is 0.216 e. The SMILES string of the molecule is CCCOc1ccc(C=Nn2c(-c3ccc(F)cc3)n[nH]c2=S)cc1. The van der Waals surface area contributed by atoms with Gasteiger partial charge in [-0.2, -0.15) is 14.9 Å². The highest BCUT2D eigenvalue weighted by Gasteiger charge is 2.08. The van der Waals surface area contributed by atoms with Crippen LogP contribution in [0.15, 0.2) is 53.6 Å². The summed E-state index contributed by atoms with van der Waals surface area (Å²) in [6.45, 7) is 2.76. The standard InChI is InChI=1S/C18H17FN4OS/c1-2-11-24-16-9-3-13(4-10-16)12-20-23-17(21-22-18(23)25)14-5-7-15(19)8-6-14/h3-10,12H,2,11H2,1H3,(H,22,25). The summed E-state index contributed by atoms with van der Waals surface area (Å²) in [5.41, 5.74) is 1.62. The van der Waals surface area contributed by atoms with Gasteiger partial charge in [-0.15, -0.1) is 0 Å². The van der Waals surface area contributed by atoms with Gasteiger partial charge in [-0.3, -0.25) is 0 Å². The first-order valence-electron chi connectivity index (χ1n) is 7.88. The van der Waals surface area contributed by atoms with E-state index in [0.29, 0.717) is 22.8 Å². The number of benzene rings is 2. The number of nitrogens with zero attached hydrogens (tertiary/aromatic N) is 3. The van der Waals surface area contributed by atoms with Crippen molar-refractivity contribution in [3.63, 3.8) is 0 Å². The van der Waals surface area contributed by atoms with Crippen molar-refractivity contribution in [1.29, 1.82) is 0 Å². The average molecular weight is 356 g/mol. The van der Waals surface area contributed by atoms with Crippen LogP contribution in [0.2, 0.25) is 0 Å². The molecule has 0 radical (unpaired) electrons. The monoisotopic (exact) mass is 356 g/mol. The van der Waals surface area contributed by atoms with Crippen molar-refractivity contribution in [2.45, 2.75) is 13.3 Å². The van der Waals surface area contributed by atoms with Crippen molar-refractivity contribution in [2.75, 3.05) is 6.61 Å². The van der Waals surface area contributed by atoms with Crippen molar-refractivity contribution < 1.29 is 9.13 Å². The first kappa shape index (κ1) is 17.0. The Hall–Kier alpha value is -2.80. The molecule has 0 unspecified atom stereocenters. The summed E-state index contributed by atoms with van der Waals surface area (Å²) in [6, 6.07) is 13.6. The zero-order valence-electron chi connectivity index (χ0n) is 13.6. The van der Waals surface area contributed by atoms with E-state index in [1.165, 1.54) is 16.8 Å². The Bertz CT molecular complexity index is 913. The highest BCUT2D eigenvalue weighted by molar-refractivity contribution is 7.71. The molecule has 128 valence electrons. The second-order valence-corrected chi connectivity index (χ2v) is 5.72. The molecule has 1 heterocycles. The molecule has 2 aromatic carbocycles. The normalized spacial score (nSPS) is 11.1. The highest BCUT2D eigenvalue weighted by atomic mass is 32.1. The smallest absolute Gasteiger partial charge is 0.216 e. The van der Waals surface area contributed by atoms with Crippen LogP contribution in [0, 0.1) is 10.6 Å². The summed E-state index contributed by atoms with van der Waals surface area (Å²) < 4.78 is 20.5. The minimum absolute atomic E-state index is 0.307. The molecule has 1 N–H and O–H groups in total. The molecule has 0 atom stereocenters. The van der Waals surface area contributed by atoms with Gasteiger partial charge in [-0.05, 0) is 72.7 Å². The number of aromatic amines is 1. The fourth-order valence-corrected chi connectivity index (χ4v) is 2.36. The van der Waals surface area contributed by atoms with Gasteiger partial charge in [-0.1, -0.05) is 6.92 Å². The number of ether oxygens (including phenoxy) is 1. The van der Waals surface area contributed by atoms with Crippen LogP contribution in [-0.2, 0) is 0 Å². The van der Waals surface area contributed by atoms with E-state index >= 15 is 0 Å². The molecule has 5 nitrogen and oxygen atoms in total. The van der Waals surface area contributed by atoms with E-state index in [2.05, 4.69) is 22.2 Å². The van der Waals surface area contributed by atoms with Crippen LogP contribution >= 0.6 is 12.2 Å². The zero-order chi connectivity index (χ0) is 17.6. The lowest BCUT2D eigenvalue weighted by Gasteiger charge is -2.04. The molecule has 0 aliphatic rings. The van der Waals surface area contributed by atoms with Gasteiger partial charge in [0.15, 0.2) is 5.82 Å². The Labute approximate surface area is 149 Å². The lowest BCUT2D eigenvalue weighted by Crippen LogP contribution is -1.96. The molecule has 0 saturated heterocycles. The first-order valence-corrected chi connectivity index (χ1v) is 8.29. The van der Waals surface area contributed by atoms with Crippen molar-refractivity contribution in [1.82, 2.24) is 14.9 Å². The Balaban J connectivity index is 1.83. The summed E-state index contributed by atoms with van der Waals surface area (Å²) in [5, 5.41) is 11.3. The molecular formula is C18H17FN4OS. The molecule has 0 aliphatic carbocycles. The molecule has 0 aliphatic heterocycles.